The molecule has 0 aliphatic heterocycles. The molecule has 1 aromatic carbocycles. The summed E-state index contributed by atoms with van der Waals surface area (Å²) in [5, 5.41) is 6.26. The van der Waals surface area contributed by atoms with Gasteiger partial charge in [0.15, 0.2) is 0 Å². The number of rotatable bonds is 4. The number of hydrogen-bond donors (Lipinski definition) is 1. The molecule has 0 saturated heterocycles. The molecule has 1 fully saturated rings. The summed E-state index contributed by atoms with van der Waals surface area (Å²) in [5.74, 6) is 0.965. The number of hydrogen-bond acceptors (Lipinski definition) is 2. The Balaban J connectivity index is 1.68. The standard InChI is InChI=1S/C18H24N2/c1-2-4-14-7-9-16(10-8-14)20-18-6-3-5-15-11-12-19-13-17(15)18/h3,5-6,11-14,16,20H,2,4,7-10H2,1H3. The molecule has 1 aliphatic rings. The van der Waals surface area contributed by atoms with E-state index >= 15 is 0 Å². The van der Waals surface area contributed by atoms with Crippen molar-refractivity contribution in [2.24, 2.45) is 5.92 Å². The highest BCUT2D eigenvalue weighted by molar-refractivity contribution is 5.93. The Morgan fingerprint density at radius 2 is 2.00 bits per heavy atom. The van der Waals surface area contributed by atoms with Crippen LogP contribution in [0.5, 0.6) is 0 Å². The number of pyridine rings is 1. The quantitative estimate of drug-likeness (QED) is 0.843. The SMILES string of the molecule is CCCC1CCC(Nc2cccc3ccncc23)CC1. The van der Waals surface area contributed by atoms with Gasteiger partial charge in [0.25, 0.3) is 0 Å². The Morgan fingerprint density at radius 3 is 2.80 bits per heavy atom. The van der Waals surface area contributed by atoms with E-state index in [2.05, 4.69) is 41.5 Å². The minimum atomic E-state index is 0.633. The Kier molecular flexibility index (Phi) is 4.19. The number of nitrogens with one attached hydrogen (secondary N) is 1. The van der Waals surface area contributed by atoms with Gasteiger partial charge in [-0.2, -0.15) is 0 Å². The molecular weight excluding hydrogens is 244 g/mol. The second-order valence-corrected chi connectivity index (χ2v) is 6.05. The lowest BCUT2D eigenvalue weighted by atomic mass is 9.83. The van der Waals surface area contributed by atoms with E-state index in [-0.39, 0.29) is 0 Å². The third kappa shape index (κ3) is 2.95. The first-order valence-electron chi connectivity index (χ1n) is 7.96. The Hall–Kier alpha value is -1.57. The Labute approximate surface area is 121 Å². The van der Waals surface area contributed by atoms with Gasteiger partial charge in [0.05, 0.1) is 0 Å². The van der Waals surface area contributed by atoms with Crippen LogP contribution in [0.25, 0.3) is 10.8 Å². The fraction of sp³-hybridized carbons (Fsp3) is 0.500. The summed E-state index contributed by atoms with van der Waals surface area (Å²) >= 11 is 0. The van der Waals surface area contributed by atoms with Crippen LogP contribution in [0.4, 0.5) is 5.69 Å². The van der Waals surface area contributed by atoms with Gasteiger partial charge in [-0.1, -0.05) is 31.9 Å². The van der Waals surface area contributed by atoms with E-state index in [0.717, 1.165) is 5.92 Å². The monoisotopic (exact) mass is 268 g/mol. The molecule has 20 heavy (non-hydrogen) atoms. The zero-order valence-corrected chi connectivity index (χ0v) is 12.3. The van der Waals surface area contributed by atoms with Crippen molar-refractivity contribution in [3.8, 4) is 0 Å². The van der Waals surface area contributed by atoms with E-state index in [4.69, 9.17) is 0 Å². The van der Waals surface area contributed by atoms with Crippen molar-refractivity contribution < 1.29 is 0 Å². The topological polar surface area (TPSA) is 24.9 Å². The van der Waals surface area contributed by atoms with Crippen molar-refractivity contribution in [2.45, 2.75) is 51.5 Å². The molecule has 1 aromatic heterocycles. The molecule has 0 bridgehead atoms. The molecule has 2 nitrogen and oxygen atoms in total. The molecule has 0 spiro atoms. The molecule has 0 amide bonds. The number of aromatic nitrogens is 1. The fourth-order valence-electron chi connectivity index (χ4n) is 3.46. The van der Waals surface area contributed by atoms with Gasteiger partial charge in [0.1, 0.15) is 0 Å². The van der Waals surface area contributed by atoms with Gasteiger partial charge in [-0.15, -0.1) is 0 Å². The Bertz CT molecular complexity index is 551. The lowest BCUT2D eigenvalue weighted by Crippen LogP contribution is -2.26. The normalized spacial score (nSPS) is 22.9. The number of benzene rings is 1. The number of fused-ring (bicyclic) bond motifs is 1. The molecule has 0 radical (unpaired) electrons. The zero-order valence-electron chi connectivity index (χ0n) is 12.3. The molecule has 0 unspecified atom stereocenters. The number of nitrogens with zero attached hydrogens (tertiary/aromatic N) is 1. The van der Waals surface area contributed by atoms with Crippen LogP contribution in [0.1, 0.15) is 45.4 Å². The number of anilines is 1. The van der Waals surface area contributed by atoms with Crippen molar-refractivity contribution in [1.82, 2.24) is 4.98 Å². The van der Waals surface area contributed by atoms with Crippen molar-refractivity contribution in [3.05, 3.63) is 36.7 Å². The molecular formula is C18H24N2. The second-order valence-electron chi connectivity index (χ2n) is 6.05. The van der Waals surface area contributed by atoms with Crippen molar-refractivity contribution in [1.29, 1.82) is 0 Å². The Morgan fingerprint density at radius 1 is 1.15 bits per heavy atom. The first-order chi connectivity index (χ1) is 9.86. The van der Waals surface area contributed by atoms with Crippen molar-refractivity contribution in [2.75, 3.05) is 5.32 Å². The predicted octanol–water partition coefficient (Wildman–Crippen LogP) is 5.01. The molecule has 1 saturated carbocycles. The van der Waals surface area contributed by atoms with Crippen molar-refractivity contribution >= 4 is 16.5 Å². The minimum absolute atomic E-state index is 0.633. The van der Waals surface area contributed by atoms with E-state index in [1.165, 1.54) is 55.0 Å². The molecule has 1 aliphatic carbocycles. The summed E-state index contributed by atoms with van der Waals surface area (Å²) < 4.78 is 0. The second kappa shape index (κ2) is 6.25. The van der Waals surface area contributed by atoms with Crippen LogP contribution in [0.3, 0.4) is 0 Å². The summed E-state index contributed by atoms with van der Waals surface area (Å²) in [5.41, 5.74) is 1.24. The van der Waals surface area contributed by atoms with Crippen LogP contribution in [0.2, 0.25) is 0 Å². The third-order valence-electron chi connectivity index (χ3n) is 4.59. The fourth-order valence-corrected chi connectivity index (χ4v) is 3.46. The van der Waals surface area contributed by atoms with Gasteiger partial charge < -0.3 is 5.32 Å². The lowest BCUT2D eigenvalue weighted by Gasteiger charge is -2.30. The first-order valence-corrected chi connectivity index (χ1v) is 7.96. The summed E-state index contributed by atoms with van der Waals surface area (Å²) in [4.78, 5) is 4.26. The highest BCUT2D eigenvalue weighted by Crippen LogP contribution is 2.31. The maximum absolute atomic E-state index is 4.26. The van der Waals surface area contributed by atoms with Crippen LogP contribution in [0, 0.1) is 5.92 Å². The largest absolute Gasteiger partial charge is 0.382 e. The van der Waals surface area contributed by atoms with E-state index in [1.807, 2.05) is 12.4 Å². The third-order valence-corrected chi connectivity index (χ3v) is 4.59. The van der Waals surface area contributed by atoms with Gasteiger partial charge in [-0.3, -0.25) is 4.98 Å². The molecule has 1 heterocycles. The highest BCUT2D eigenvalue weighted by Gasteiger charge is 2.20. The molecule has 3 rings (SSSR count). The molecule has 2 aromatic rings. The molecule has 1 N–H and O–H groups in total. The van der Waals surface area contributed by atoms with Crippen LogP contribution in [0.15, 0.2) is 36.7 Å². The van der Waals surface area contributed by atoms with Crippen LogP contribution in [-0.4, -0.2) is 11.0 Å². The van der Waals surface area contributed by atoms with E-state index < -0.39 is 0 Å². The predicted molar refractivity (Wildman–Crippen MR) is 86.0 cm³/mol. The minimum Gasteiger partial charge on any atom is -0.382 e. The van der Waals surface area contributed by atoms with Gasteiger partial charge >= 0.3 is 0 Å². The maximum Gasteiger partial charge on any atom is 0.0437 e. The summed E-state index contributed by atoms with van der Waals surface area (Å²) in [6, 6.07) is 9.18. The molecule has 106 valence electrons. The van der Waals surface area contributed by atoms with E-state index in [1.54, 1.807) is 0 Å². The first kappa shape index (κ1) is 13.4. The van der Waals surface area contributed by atoms with Gasteiger partial charge in [-0.25, -0.2) is 0 Å². The zero-order chi connectivity index (χ0) is 13.8. The van der Waals surface area contributed by atoms with Gasteiger partial charge in [-0.05, 0) is 49.1 Å². The van der Waals surface area contributed by atoms with Crippen LogP contribution in [-0.2, 0) is 0 Å². The average Bonchev–Trinajstić information content (AvgIpc) is 2.50. The smallest absolute Gasteiger partial charge is 0.0437 e. The highest BCUT2D eigenvalue weighted by atomic mass is 14.9. The maximum atomic E-state index is 4.26. The van der Waals surface area contributed by atoms with Crippen LogP contribution < -0.4 is 5.32 Å². The van der Waals surface area contributed by atoms with Gasteiger partial charge in [0.2, 0.25) is 0 Å². The van der Waals surface area contributed by atoms with E-state index in [0.29, 0.717) is 6.04 Å². The van der Waals surface area contributed by atoms with Crippen LogP contribution >= 0.6 is 0 Å². The van der Waals surface area contributed by atoms with Gasteiger partial charge in [0, 0.05) is 29.5 Å². The summed E-state index contributed by atoms with van der Waals surface area (Å²) in [7, 11) is 0. The lowest BCUT2D eigenvalue weighted by molar-refractivity contribution is 0.319. The molecule has 0 atom stereocenters. The van der Waals surface area contributed by atoms with Crippen molar-refractivity contribution in [3.63, 3.8) is 0 Å². The van der Waals surface area contributed by atoms with E-state index in [9.17, 15) is 0 Å². The summed E-state index contributed by atoms with van der Waals surface area (Å²) in [6.07, 6.45) is 12.0. The molecule has 2 heteroatoms. The summed E-state index contributed by atoms with van der Waals surface area (Å²) in [6.45, 7) is 2.30. The average molecular weight is 268 g/mol.